The van der Waals surface area contributed by atoms with Gasteiger partial charge in [-0.3, -0.25) is 9.36 Å². The summed E-state index contributed by atoms with van der Waals surface area (Å²) in [6.07, 6.45) is 0. The van der Waals surface area contributed by atoms with Crippen molar-refractivity contribution in [3.05, 3.63) is 89.7 Å². The minimum absolute atomic E-state index is 0.115. The van der Waals surface area contributed by atoms with Crippen LogP contribution in [-0.2, 0) is 11.3 Å². The van der Waals surface area contributed by atoms with E-state index in [1.54, 1.807) is 7.11 Å². The Morgan fingerprint density at radius 1 is 1.03 bits per heavy atom. The molecular formula is C25H24ClN5O2S. The van der Waals surface area contributed by atoms with Gasteiger partial charge in [0, 0.05) is 11.4 Å². The standard InChI is InChI=1S/C25H24ClN5O2S/c1-17(24(32)28-18-8-4-3-5-9-18)34-25-30-29-23(16-27-22-11-7-6-10-21(22)26)31(25)19-12-14-20(33-2)15-13-19/h3-15,17,27H,16H2,1-2H3,(H,28,32)/t17-/m1/s1. The summed E-state index contributed by atoms with van der Waals surface area (Å²) in [4.78, 5) is 12.8. The van der Waals surface area contributed by atoms with E-state index in [0.717, 1.165) is 22.8 Å². The predicted octanol–water partition coefficient (Wildman–Crippen LogP) is 5.66. The average Bonchev–Trinajstić information content (AvgIpc) is 3.26. The van der Waals surface area contributed by atoms with Crippen LogP contribution in [0, 0.1) is 0 Å². The Kier molecular flexibility index (Phi) is 7.72. The summed E-state index contributed by atoms with van der Waals surface area (Å²) in [5.74, 6) is 1.32. The molecule has 1 heterocycles. The van der Waals surface area contributed by atoms with E-state index in [1.807, 2.05) is 90.4 Å². The van der Waals surface area contributed by atoms with Gasteiger partial charge in [0.15, 0.2) is 11.0 Å². The second kappa shape index (κ2) is 11.1. The molecule has 4 rings (SSSR count). The first-order valence-corrected chi connectivity index (χ1v) is 11.9. The Labute approximate surface area is 207 Å². The highest BCUT2D eigenvalue weighted by Crippen LogP contribution is 2.28. The lowest BCUT2D eigenvalue weighted by molar-refractivity contribution is -0.115. The van der Waals surface area contributed by atoms with Crippen LogP contribution in [0.4, 0.5) is 11.4 Å². The van der Waals surface area contributed by atoms with Crippen LogP contribution in [0.2, 0.25) is 5.02 Å². The number of nitrogens with one attached hydrogen (secondary N) is 2. The third kappa shape index (κ3) is 5.70. The van der Waals surface area contributed by atoms with Crippen molar-refractivity contribution in [1.82, 2.24) is 14.8 Å². The molecule has 2 N–H and O–H groups in total. The van der Waals surface area contributed by atoms with Crippen LogP contribution in [-0.4, -0.2) is 33.0 Å². The van der Waals surface area contributed by atoms with Crippen molar-refractivity contribution in [2.24, 2.45) is 0 Å². The molecule has 3 aromatic carbocycles. The number of nitrogens with zero attached hydrogens (tertiary/aromatic N) is 3. The van der Waals surface area contributed by atoms with E-state index in [1.165, 1.54) is 11.8 Å². The van der Waals surface area contributed by atoms with Gasteiger partial charge in [0.05, 0.1) is 29.6 Å². The minimum Gasteiger partial charge on any atom is -0.497 e. The molecule has 1 amide bonds. The number of hydrogen-bond acceptors (Lipinski definition) is 6. The van der Waals surface area contributed by atoms with Crippen LogP contribution < -0.4 is 15.4 Å². The third-order valence-electron chi connectivity index (χ3n) is 5.03. The zero-order valence-corrected chi connectivity index (χ0v) is 20.3. The van der Waals surface area contributed by atoms with Gasteiger partial charge >= 0.3 is 0 Å². The van der Waals surface area contributed by atoms with E-state index in [2.05, 4.69) is 20.8 Å². The van der Waals surface area contributed by atoms with Gasteiger partial charge in [-0.05, 0) is 55.5 Å². The van der Waals surface area contributed by atoms with Crippen molar-refractivity contribution < 1.29 is 9.53 Å². The fraction of sp³-hybridized carbons (Fsp3) is 0.160. The number of benzene rings is 3. The number of aromatic nitrogens is 3. The van der Waals surface area contributed by atoms with Gasteiger partial charge in [0.2, 0.25) is 5.91 Å². The first-order valence-electron chi connectivity index (χ1n) is 10.6. The maximum atomic E-state index is 12.8. The number of ether oxygens (including phenoxy) is 1. The Morgan fingerprint density at radius 3 is 2.44 bits per heavy atom. The van der Waals surface area contributed by atoms with E-state index in [0.29, 0.717) is 22.5 Å². The molecule has 0 aliphatic rings. The topological polar surface area (TPSA) is 81.1 Å². The summed E-state index contributed by atoms with van der Waals surface area (Å²) in [6, 6.07) is 24.5. The highest BCUT2D eigenvalue weighted by molar-refractivity contribution is 8.00. The van der Waals surface area contributed by atoms with E-state index >= 15 is 0 Å². The first kappa shape index (κ1) is 23.7. The number of para-hydroxylation sites is 2. The number of carbonyl (C=O) groups excluding carboxylic acids is 1. The molecule has 0 saturated carbocycles. The summed E-state index contributed by atoms with van der Waals surface area (Å²) in [5, 5.41) is 15.9. The summed E-state index contributed by atoms with van der Waals surface area (Å²) in [5.41, 5.74) is 2.42. The molecule has 0 fully saturated rings. The molecule has 34 heavy (non-hydrogen) atoms. The smallest absolute Gasteiger partial charge is 0.237 e. The molecule has 0 bridgehead atoms. The van der Waals surface area contributed by atoms with Crippen LogP contribution in [0.1, 0.15) is 12.7 Å². The van der Waals surface area contributed by atoms with Crippen LogP contribution in [0.25, 0.3) is 5.69 Å². The predicted molar refractivity (Wildman–Crippen MR) is 137 cm³/mol. The van der Waals surface area contributed by atoms with Gasteiger partial charge in [-0.1, -0.05) is 53.7 Å². The lowest BCUT2D eigenvalue weighted by Gasteiger charge is -2.15. The van der Waals surface area contributed by atoms with E-state index in [-0.39, 0.29) is 5.91 Å². The largest absolute Gasteiger partial charge is 0.497 e. The highest BCUT2D eigenvalue weighted by atomic mass is 35.5. The summed E-state index contributed by atoms with van der Waals surface area (Å²) < 4.78 is 7.22. The summed E-state index contributed by atoms with van der Waals surface area (Å²) in [7, 11) is 1.63. The number of anilines is 2. The average molecular weight is 494 g/mol. The zero-order valence-electron chi connectivity index (χ0n) is 18.7. The number of hydrogen-bond donors (Lipinski definition) is 2. The molecule has 0 aliphatic heterocycles. The number of carbonyl (C=O) groups is 1. The first-order chi connectivity index (χ1) is 16.5. The van der Waals surface area contributed by atoms with Gasteiger partial charge in [0.25, 0.3) is 0 Å². The lowest BCUT2D eigenvalue weighted by Crippen LogP contribution is -2.23. The monoisotopic (exact) mass is 493 g/mol. The SMILES string of the molecule is COc1ccc(-n2c(CNc3ccccc3Cl)nnc2S[C@H](C)C(=O)Nc2ccccc2)cc1. The summed E-state index contributed by atoms with van der Waals surface area (Å²) in [6.45, 7) is 2.24. The number of amides is 1. The van der Waals surface area contributed by atoms with Crippen LogP contribution >= 0.6 is 23.4 Å². The molecule has 9 heteroatoms. The highest BCUT2D eigenvalue weighted by Gasteiger charge is 2.21. The van der Waals surface area contributed by atoms with Gasteiger partial charge < -0.3 is 15.4 Å². The number of halogens is 1. The Hall–Kier alpha value is -3.49. The fourth-order valence-electron chi connectivity index (χ4n) is 3.24. The molecule has 1 atom stereocenters. The van der Waals surface area contributed by atoms with Gasteiger partial charge in [-0.2, -0.15) is 0 Å². The van der Waals surface area contributed by atoms with Crippen molar-refractivity contribution in [2.45, 2.75) is 23.9 Å². The maximum Gasteiger partial charge on any atom is 0.237 e. The van der Waals surface area contributed by atoms with Crippen molar-refractivity contribution >= 4 is 40.6 Å². The van der Waals surface area contributed by atoms with Gasteiger partial charge in [-0.25, -0.2) is 0 Å². The van der Waals surface area contributed by atoms with E-state index < -0.39 is 5.25 Å². The minimum atomic E-state index is -0.397. The molecule has 0 radical (unpaired) electrons. The number of methoxy groups -OCH3 is 1. The molecule has 0 spiro atoms. The van der Waals surface area contributed by atoms with Crippen LogP contribution in [0.15, 0.2) is 84.0 Å². The number of thioether (sulfide) groups is 1. The van der Waals surface area contributed by atoms with Crippen molar-refractivity contribution in [1.29, 1.82) is 0 Å². The van der Waals surface area contributed by atoms with Crippen LogP contribution in [0.3, 0.4) is 0 Å². The molecule has 4 aromatic rings. The Morgan fingerprint density at radius 2 is 1.74 bits per heavy atom. The zero-order chi connectivity index (χ0) is 23.9. The van der Waals surface area contributed by atoms with Gasteiger partial charge in [0.1, 0.15) is 5.75 Å². The maximum absolute atomic E-state index is 12.8. The molecular weight excluding hydrogens is 470 g/mol. The third-order valence-corrected chi connectivity index (χ3v) is 6.41. The molecule has 174 valence electrons. The van der Waals surface area contributed by atoms with Crippen molar-refractivity contribution in [3.63, 3.8) is 0 Å². The van der Waals surface area contributed by atoms with E-state index in [4.69, 9.17) is 16.3 Å². The Balaban J connectivity index is 1.58. The van der Waals surface area contributed by atoms with Crippen LogP contribution in [0.5, 0.6) is 5.75 Å². The molecule has 0 aliphatic carbocycles. The quantitative estimate of drug-likeness (QED) is 0.293. The van der Waals surface area contributed by atoms with Crippen molar-refractivity contribution in [2.75, 3.05) is 17.7 Å². The molecule has 0 saturated heterocycles. The molecule has 1 aromatic heterocycles. The fourth-order valence-corrected chi connectivity index (χ4v) is 4.33. The Bertz CT molecular complexity index is 1250. The lowest BCUT2D eigenvalue weighted by atomic mass is 10.3. The number of rotatable bonds is 9. The second-order valence-corrected chi connectivity index (χ2v) is 9.10. The van der Waals surface area contributed by atoms with E-state index in [9.17, 15) is 4.79 Å². The summed E-state index contributed by atoms with van der Waals surface area (Å²) >= 11 is 7.63. The van der Waals surface area contributed by atoms with Crippen molar-refractivity contribution in [3.8, 4) is 11.4 Å². The van der Waals surface area contributed by atoms with Gasteiger partial charge in [-0.15, -0.1) is 10.2 Å². The second-order valence-electron chi connectivity index (χ2n) is 7.38. The normalized spacial score (nSPS) is 11.6. The molecule has 7 nitrogen and oxygen atoms in total. The molecule has 0 unspecified atom stereocenters.